The maximum absolute atomic E-state index is 12.8. The van der Waals surface area contributed by atoms with Crippen molar-refractivity contribution in [1.29, 1.82) is 0 Å². The number of carboxylic acid groups (broad SMARTS) is 1. The fourth-order valence-corrected chi connectivity index (χ4v) is 1.91. The number of carbonyl (C=O) groups excluding carboxylic acids is 1. The van der Waals surface area contributed by atoms with Gasteiger partial charge in [0.15, 0.2) is 0 Å². The van der Waals surface area contributed by atoms with E-state index in [1.165, 1.54) is 0 Å². The van der Waals surface area contributed by atoms with E-state index in [1.54, 1.807) is 0 Å². The lowest BCUT2D eigenvalue weighted by Crippen LogP contribution is -2.54. The predicted octanol–water partition coefficient (Wildman–Crippen LogP) is 1.90. The first-order valence-electron chi connectivity index (χ1n) is 5.51. The molecule has 1 amide bonds. The van der Waals surface area contributed by atoms with Crippen LogP contribution in [-0.2, 0) is 9.59 Å². The highest BCUT2D eigenvalue weighted by Gasteiger charge is 2.64. The summed E-state index contributed by atoms with van der Waals surface area (Å²) < 4.78 is 61.6. The minimum Gasteiger partial charge on any atom is -0.481 e. The molecule has 1 aliphatic heterocycles. The van der Waals surface area contributed by atoms with E-state index in [0.717, 1.165) is 0 Å². The largest absolute Gasteiger partial charge is 0.481 e. The third-order valence-electron chi connectivity index (χ3n) is 2.99. The summed E-state index contributed by atoms with van der Waals surface area (Å²) in [5.74, 6) is -9.03. The average Bonchev–Trinajstić information content (AvgIpc) is 2.26. The maximum atomic E-state index is 12.8. The molecule has 1 fully saturated rings. The molecule has 0 aliphatic carbocycles. The molecule has 0 spiro atoms. The molecular weight excluding hydrogens is 277 g/mol. The molecule has 4 nitrogen and oxygen atoms in total. The van der Waals surface area contributed by atoms with Gasteiger partial charge < -0.3 is 10.0 Å². The number of nitrogens with zero attached hydrogens (tertiary/aromatic N) is 1. The number of rotatable bonds is 3. The second kappa shape index (κ2) is 5.30. The minimum atomic E-state index is -5.91. The van der Waals surface area contributed by atoms with Crippen molar-refractivity contribution in [2.45, 2.75) is 31.4 Å². The van der Waals surface area contributed by atoms with Crippen LogP contribution < -0.4 is 0 Å². The number of carboxylic acids is 1. The third kappa shape index (κ3) is 3.54. The van der Waals surface area contributed by atoms with Gasteiger partial charge in [0, 0.05) is 19.5 Å². The van der Waals surface area contributed by atoms with E-state index in [4.69, 9.17) is 5.11 Å². The summed E-state index contributed by atoms with van der Waals surface area (Å²) in [6.07, 6.45) is -5.89. The quantitative estimate of drug-likeness (QED) is 0.807. The number of piperidine rings is 1. The highest BCUT2D eigenvalue weighted by molar-refractivity contribution is 5.84. The molecule has 1 heterocycles. The summed E-state index contributed by atoms with van der Waals surface area (Å²) >= 11 is 0. The number of carbonyl (C=O) groups is 2. The Bertz CT molecular complexity index is 361. The van der Waals surface area contributed by atoms with E-state index in [0.29, 0.717) is 4.90 Å². The van der Waals surface area contributed by atoms with Crippen molar-refractivity contribution < 1.29 is 36.6 Å². The molecule has 0 atom stereocenters. The molecule has 0 aromatic rings. The molecule has 1 N–H and O–H groups in total. The van der Waals surface area contributed by atoms with Gasteiger partial charge in [0.1, 0.15) is 0 Å². The van der Waals surface area contributed by atoms with Crippen molar-refractivity contribution in [1.82, 2.24) is 4.90 Å². The number of hydrogen-bond acceptors (Lipinski definition) is 2. The Morgan fingerprint density at radius 2 is 1.58 bits per heavy atom. The Kier molecular flexibility index (Phi) is 4.36. The van der Waals surface area contributed by atoms with Gasteiger partial charge in [-0.25, -0.2) is 0 Å². The van der Waals surface area contributed by atoms with Crippen LogP contribution in [0.15, 0.2) is 0 Å². The molecule has 19 heavy (non-hydrogen) atoms. The molecule has 9 heteroatoms. The predicted molar refractivity (Wildman–Crippen MR) is 52.6 cm³/mol. The molecular formula is C10H12F5NO3. The van der Waals surface area contributed by atoms with Crippen LogP contribution in [0.5, 0.6) is 0 Å². The Hall–Kier alpha value is -1.41. The van der Waals surface area contributed by atoms with Crippen LogP contribution in [0.1, 0.15) is 19.3 Å². The summed E-state index contributed by atoms with van der Waals surface area (Å²) in [7, 11) is 0. The monoisotopic (exact) mass is 289 g/mol. The fraction of sp³-hybridized carbons (Fsp3) is 0.800. The summed E-state index contributed by atoms with van der Waals surface area (Å²) in [6.45, 7) is -0.578. The van der Waals surface area contributed by atoms with Gasteiger partial charge in [0.05, 0.1) is 0 Å². The second-order valence-corrected chi connectivity index (χ2v) is 4.41. The van der Waals surface area contributed by atoms with Crippen molar-refractivity contribution in [3.8, 4) is 0 Å². The summed E-state index contributed by atoms with van der Waals surface area (Å²) in [5.41, 5.74) is 0. The fourth-order valence-electron chi connectivity index (χ4n) is 1.91. The van der Waals surface area contributed by atoms with Crippen LogP contribution in [0.25, 0.3) is 0 Å². The van der Waals surface area contributed by atoms with Gasteiger partial charge in [0.2, 0.25) is 0 Å². The normalized spacial score (nSPS) is 18.5. The van der Waals surface area contributed by atoms with E-state index in [1.807, 2.05) is 0 Å². The first kappa shape index (κ1) is 15.6. The molecule has 0 aromatic carbocycles. The van der Waals surface area contributed by atoms with Crippen molar-refractivity contribution in [3.05, 3.63) is 0 Å². The van der Waals surface area contributed by atoms with Crippen LogP contribution >= 0.6 is 0 Å². The number of amides is 1. The highest BCUT2D eigenvalue weighted by atomic mass is 19.4. The Morgan fingerprint density at radius 3 is 1.95 bits per heavy atom. The zero-order chi connectivity index (χ0) is 14.8. The molecule has 1 saturated heterocycles. The third-order valence-corrected chi connectivity index (χ3v) is 2.99. The molecule has 0 saturated carbocycles. The number of hydrogen-bond donors (Lipinski definition) is 1. The maximum Gasteiger partial charge on any atom is 0.463 e. The number of likely N-dealkylation sites (tertiary alicyclic amines) is 1. The minimum absolute atomic E-state index is 0.103. The lowest BCUT2D eigenvalue weighted by molar-refractivity contribution is -0.274. The second-order valence-electron chi connectivity index (χ2n) is 4.41. The number of alkyl halides is 5. The molecule has 0 unspecified atom stereocenters. The van der Waals surface area contributed by atoms with Crippen LogP contribution in [-0.4, -0.2) is 47.1 Å². The van der Waals surface area contributed by atoms with Crippen LogP contribution in [0.2, 0.25) is 0 Å². The van der Waals surface area contributed by atoms with Gasteiger partial charge in [-0.05, 0) is 18.8 Å². The zero-order valence-electron chi connectivity index (χ0n) is 9.71. The first-order valence-corrected chi connectivity index (χ1v) is 5.51. The standard InChI is InChI=1S/C10H12F5NO3/c11-9(12,10(13,14)15)8(19)16-3-1-6(2-4-16)5-7(17)18/h6H,1-5H2,(H,17,18). The summed E-state index contributed by atoms with van der Waals surface area (Å²) in [4.78, 5) is 22.0. The van der Waals surface area contributed by atoms with Crippen LogP contribution in [0.4, 0.5) is 22.0 Å². The van der Waals surface area contributed by atoms with E-state index >= 15 is 0 Å². The van der Waals surface area contributed by atoms with Crippen LogP contribution in [0.3, 0.4) is 0 Å². The van der Waals surface area contributed by atoms with E-state index in [2.05, 4.69) is 0 Å². The van der Waals surface area contributed by atoms with Gasteiger partial charge in [-0.3, -0.25) is 9.59 Å². The number of halogens is 5. The van der Waals surface area contributed by atoms with Gasteiger partial charge in [-0.15, -0.1) is 0 Å². The van der Waals surface area contributed by atoms with Crippen molar-refractivity contribution in [2.24, 2.45) is 5.92 Å². The first-order chi connectivity index (χ1) is 8.55. The smallest absolute Gasteiger partial charge is 0.463 e. The number of aliphatic carboxylic acids is 1. The van der Waals surface area contributed by atoms with E-state index in [-0.39, 0.29) is 38.3 Å². The molecule has 1 aliphatic rings. The topological polar surface area (TPSA) is 57.6 Å². The van der Waals surface area contributed by atoms with Gasteiger partial charge in [-0.1, -0.05) is 0 Å². The lowest BCUT2D eigenvalue weighted by Gasteiger charge is -2.33. The Labute approximate surface area is 105 Å². The van der Waals surface area contributed by atoms with Crippen LogP contribution in [0, 0.1) is 5.92 Å². The van der Waals surface area contributed by atoms with Crippen molar-refractivity contribution >= 4 is 11.9 Å². The van der Waals surface area contributed by atoms with Gasteiger partial charge in [-0.2, -0.15) is 22.0 Å². The molecule has 0 bridgehead atoms. The van der Waals surface area contributed by atoms with E-state index < -0.39 is 24.0 Å². The summed E-state index contributed by atoms with van der Waals surface area (Å²) in [5, 5.41) is 8.53. The average molecular weight is 289 g/mol. The van der Waals surface area contributed by atoms with Gasteiger partial charge in [0.25, 0.3) is 0 Å². The summed E-state index contributed by atoms with van der Waals surface area (Å²) in [6, 6.07) is 0. The van der Waals surface area contributed by atoms with Gasteiger partial charge >= 0.3 is 24.0 Å². The molecule has 0 aromatic heterocycles. The molecule has 1 rings (SSSR count). The zero-order valence-corrected chi connectivity index (χ0v) is 9.71. The SMILES string of the molecule is O=C(O)CC1CCN(C(=O)C(F)(F)C(F)(F)F)CC1. The molecule has 0 radical (unpaired) electrons. The van der Waals surface area contributed by atoms with E-state index in [9.17, 15) is 31.5 Å². The Balaban J connectivity index is 2.61. The molecule has 110 valence electrons. The highest BCUT2D eigenvalue weighted by Crippen LogP contribution is 2.37. The Morgan fingerprint density at radius 1 is 1.11 bits per heavy atom. The van der Waals surface area contributed by atoms with Crippen molar-refractivity contribution in [2.75, 3.05) is 13.1 Å². The lowest BCUT2D eigenvalue weighted by atomic mass is 9.93. The van der Waals surface area contributed by atoms with Crippen molar-refractivity contribution in [3.63, 3.8) is 0 Å².